The molecule has 0 aromatic heterocycles. The zero-order valence-electron chi connectivity index (χ0n) is 23.9. The molecule has 3 aromatic rings. The minimum atomic E-state index is -3.90. The highest BCUT2D eigenvalue weighted by molar-refractivity contribution is 9.10. The normalized spacial score (nSPS) is 17.4. The van der Waals surface area contributed by atoms with Gasteiger partial charge in [-0.25, -0.2) is 8.42 Å². The molecule has 3 aromatic carbocycles. The molecule has 0 saturated carbocycles. The van der Waals surface area contributed by atoms with E-state index < -0.39 is 10.0 Å². The number of likely N-dealkylation sites (tertiary alicyclic amines) is 1. The van der Waals surface area contributed by atoms with Crippen molar-refractivity contribution in [2.75, 3.05) is 44.0 Å². The number of hydrogen-bond donors (Lipinski definition) is 3. The minimum absolute atomic E-state index is 0.0657. The summed E-state index contributed by atoms with van der Waals surface area (Å²) in [6.07, 6.45) is 7.33. The average Bonchev–Trinajstić information content (AvgIpc) is 3.02. The van der Waals surface area contributed by atoms with Gasteiger partial charge in [0, 0.05) is 48.9 Å². The third-order valence-corrected chi connectivity index (χ3v) is 10.4. The summed E-state index contributed by atoms with van der Waals surface area (Å²) in [4.78, 5) is 12.9. The molecule has 0 radical (unpaired) electrons. The van der Waals surface area contributed by atoms with E-state index in [1.807, 2.05) is 12.1 Å². The standard InChI is InChI=1S/C32H39BrN4O4S/c33-26-11-13-28(14-12-26)41-31-8-3-2-7-30(31)36-42(39,40)29-15-9-25(10-16-29)32(38)35-19-6-24-37(22-4-1-5-23-37)27-17-20-34-21-18-27/h2-3,7-16,27,34,36H,1,4-6,17-24H2/p+1. The van der Waals surface area contributed by atoms with Gasteiger partial charge in [-0.3, -0.25) is 9.52 Å². The predicted molar refractivity (Wildman–Crippen MR) is 169 cm³/mol. The van der Waals surface area contributed by atoms with Gasteiger partial charge in [0.05, 0.1) is 36.3 Å². The van der Waals surface area contributed by atoms with Gasteiger partial charge in [-0.15, -0.1) is 0 Å². The summed E-state index contributed by atoms with van der Waals surface area (Å²) >= 11 is 3.40. The number of rotatable bonds is 11. The Morgan fingerprint density at radius 2 is 1.62 bits per heavy atom. The monoisotopic (exact) mass is 655 g/mol. The molecule has 2 saturated heterocycles. The highest BCUT2D eigenvalue weighted by Gasteiger charge is 2.38. The first-order valence-corrected chi connectivity index (χ1v) is 17.1. The summed E-state index contributed by atoms with van der Waals surface area (Å²) in [7, 11) is -3.90. The fourth-order valence-corrected chi connectivity index (χ4v) is 7.56. The largest absolute Gasteiger partial charge is 0.455 e. The SMILES string of the molecule is O=C(NCCC[N+]1(C2CCNCC2)CCCCC1)c1ccc(S(=O)(=O)Nc2ccccc2Oc2ccc(Br)cc2)cc1. The van der Waals surface area contributed by atoms with E-state index in [1.54, 1.807) is 48.5 Å². The first-order valence-electron chi connectivity index (χ1n) is 14.8. The van der Waals surface area contributed by atoms with Crippen molar-refractivity contribution in [3.8, 4) is 11.5 Å². The van der Waals surface area contributed by atoms with Crippen LogP contribution in [0.25, 0.3) is 0 Å². The number of carbonyl (C=O) groups is 1. The van der Waals surface area contributed by atoms with Gasteiger partial charge in [0.15, 0.2) is 5.75 Å². The van der Waals surface area contributed by atoms with Crippen molar-refractivity contribution in [3.05, 3.63) is 82.8 Å². The Morgan fingerprint density at radius 1 is 0.929 bits per heavy atom. The van der Waals surface area contributed by atoms with Crippen LogP contribution in [0.5, 0.6) is 11.5 Å². The Kier molecular flexibility index (Phi) is 10.2. The molecule has 2 heterocycles. The van der Waals surface area contributed by atoms with Crippen LogP contribution in [0.1, 0.15) is 48.9 Å². The molecule has 8 nitrogen and oxygen atoms in total. The first-order chi connectivity index (χ1) is 20.3. The van der Waals surface area contributed by atoms with E-state index in [0.29, 0.717) is 29.3 Å². The van der Waals surface area contributed by atoms with Gasteiger partial charge in [0.1, 0.15) is 5.75 Å². The second-order valence-corrected chi connectivity index (χ2v) is 13.8. The van der Waals surface area contributed by atoms with Gasteiger partial charge < -0.3 is 19.9 Å². The summed E-state index contributed by atoms with van der Waals surface area (Å²) in [6.45, 7) is 6.43. The van der Waals surface area contributed by atoms with Gasteiger partial charge >= 0.3 is 0 Å². The van der Waals surface area contributed by atoms with Gasteiger partial charge in [0.25, 0.3) is 15.9 Å². The van der Waals surface area contributed by atoms with Crippen LogP contribution >= 0.6 is 15.9 Å². The Balaban J connectivity index is 1.16. The van der Waals surface area contributed by atoms with Crippen molar-refractivity contribution in [2.24, 2.45) is 0 Å². The van der Waals surface area contributed by atoms with Crippen LogP contribution in [0.15, 0.2) is 82.2 Å². The quantitative estimate of drug-likeness (QED) is 0.176. The van der Waals surface area contributed by atoms with E-state index in [2.05, 4.69) is 31.3 Å². The Hall–Kier alpha value is -2.92. The van der Waals surface area contributed by atoms with Crippen molar-refractivity contribution in [3.63, 3.8) is 0 Å². The summed E-state index contributed by atoms with van der Waals surface area (Å²) < 4.78 is 37.0. The molecule has 1 amide bonds. The Bertz CT molecular complexity index is 1440. The van der Waals surface area contributed by atoms with E-state index in [0.717, 1.165) is 36.6 Å². The minimum Gasteiger partial charge on any atom is -0.455 e. The molecule has 224 valence electrons. The number of para-hydroxylation sites is 2. The lowest BCUT2D eigenvalue weighted by atomic mass is 9.96. The Morgan fingerprint density at radius 3 is 2.33 bits per heavy atom. The second-order valence-electron chi connectivity index (χ2n) is 11.2. The molecular weight excluding hydrogens is 616 g/mol. The maximum absolute atomic E-state index is 13.2. The van der Waals surface area contributed by atoms with Crippen LogP contribution in [0.4, 0.5) is 5.69 Å². The fourth-order valence-electron chi connectivity index (χ4n) is 6.22. The number of nitrogens with zero attached hydrogens (tertiary/aromatic N) is 1. The van der Waals surface area contributed by atoms with Crippen molar-refractivity contribution in [2.45, 2.75) is 49.5 Å². The molecule has 0 atom stereocenters. The van der Waals surface area contributed by atoms with Crippen LogP contribution in [0.3, 0.4) is 0 Å². The topological polar surface area (TPSA) is 96.5 Å². The molecule has 2 aliphatic heterocycles. The number of nitrogens with one attached hydrogen (secondary N) is 3. The highest BCUT2D eigenvalue weighted by atomic mass is 79.9. The second kappa shape index (κ2) is 14.0. The molecule has 42 heavy (non-hydrogen) atoms. The maximum atomic E-state index is 13.2. The number of piperidine rings is 2. The molecule has 5 rings (SSSR count). The first kappa shape index (κ1) is 30.5. The number of benzene rings is 3. The third-order valence-electron chi connectivity index (χ3n) is 8.46. The van der Waals surface area contributed by atoms with E-state index in [4.69, 9.17) is 4.74 Å². The van der Waals surface area contributed by atoms with Crippen LogP contribution in [0, 0.1) is 0 Å². The van der Waals surface area contributed by atoms with Gasteiger partial charge in [-0.1, -0.05) is 28.1 Å². The number of amides is 1. The van der Waals surface area contributed by atoms with Crippen LogP contribution in [0.2, 0.25) is 0 Å². The lowest BCUT2D eigenvalue weighted by Crippen LogP contribution is -2.61. The van der Waals surface area contributed by atoms with E-state index >= 15 is 0 Å². The van der Waals surface area contributed by atoms with Crippen molar-refractivity contribution >= 4 is 37.5 Å². The summed E-state index contributed by atoms with van der Waals surface area (Å²) in [6, 6.07) is 20.9. The van der Waals surface area contributed by atoms with Gasteiger partial charge in [-0.05, 0) is 79.9 Å². The van der Waals surface area contributed by atoms with Crippen LogP contribution in [-0.2, 0) is 10.0 Å². The molecule has 2 aliphatic rings. The zero-order chi connectivity index (χ0) is 29.4. The van der Waals surface area contributed by atoms with Crippen LogP contribution in [-0.4, -0.2) is 64.1 Å². The zero-order valence-corrected chi connectivity index (χ0v) is 26.3. The number of carbonyl (C=O) groups excluding carboxylic acids is 1. The Labute approximate surface area is 257 Å². The lowest BCUT2D eigenvalue weighted by molar-refractivity contribution is -0.956. The molecule has 0 unspecified atom stereocenters. The highest BCUT2D eigenvalue weighted by Crippen LogP contribution is 2.32. The number of sulfonamides is 1. The molecule has 0 aliphatic carbocycles. The van der Waals surface area contributed by atoms with Crippen molar-refractivity contribution in [1.82, 2.24) is 10.6 Å². The van der Waals surface area contributed by atoms with E-state index in [1.165, 1.54) is 61.8 Å². The molecule has 0 bridgehead atoms. The number of anilines is 1. The predicted octanol–water partition coefficient (Wildman–Crippen LogP) is 5.91. The number of quaternary nitrogens is 1. The molecule has 2 fully saturated rings. The lowest BCUT2D eigenvalue weighted by Gasteiger charge is -2.49. The van der Waals surface area contributed by atoms with Gasteiger partial charge in [-0.2, -0.15) is 0 Å². The number of ether oxygens (including phenoxy) is 1. The van der Waals surface area contributed by atoms with Crippen molar-refractivity contribution in [1.29, 1.82) is 0 Å². The summed E-state index contributed by atoms with van der Waals surface area (Å²) in [5.74, 6) is 0.778. The maximum Gasteiger partial charge on any atom is 0.262 e. The van der Waals surface area contributed by atoms with Gasteiger partial charge in [0.2, 0.25) is 0 Å². The fraction of sp³-hybridized carbons (Fsp3) is 0.406. The third kappa shape index (κ3) is 7.72. The number of hydrogen-bond acceptors (Lipinski definition) is 5. The smallest absolute Gasteiger partial charge is 0.262 e. The van der Waals surface area contributed by atoms with Crippen molar-refractivity contribution < 1.29 is 22.4 Å². The van der Waals surface area contributed by atoms with E-state index in [9.17, 15) is 13.2 Å². The molecule has 3 N–H and O–H groups in total. The molecule has 0 spiro atoms. The molecule has 10 heteroatoms. The average molecular weight is 657 g/mol. The molecular formula is C32H40BrN4O4S+. The van der Waals surface area contributed by atoms with Crippen LogP contribution < -0.4 is 20.1 Å². The van der Waals surface area contributed by atoms with E-state index in [-0.39, 0.29) is 10.8 Å². The summed E-state index contributed by atoms with van der Waals surface area (Å²) in [5, 5.41) is 6.54. The summed E-state index contributed by atoms with van der Waals surface area (Å²) in [5.41, 5.74) is 0.758. The number of halogens is 1.